The van der Waals surface area contributed by atoms with E-state index in [9.17, 15) is 13.2 Å². The summed E-state index contributed by atoms with van der Waals surface area (Å²) in [6.07, 6.45) is -3.23. The number of rotatable bonds is 5. The smallest absolute Gasteiger partial charge is 0.383 e. The number of nitrogens with two attached hydrogens (primary N) is 1. The lowest BCUT2D eigenvalue weighted by atomic mass is 10.3. The van der Waals surface area contributed by atoms with Gasteiger partial charge < -0.3 is 10.5 Å². The Labute approximate surface area is 117 Å². The SMILES string of the molecule is CCc1cc2c(N)nc(CCOCC(F)(F)F)nc2s1. The fraction of sp³-hybridized carbons (Fsp3) is 0.500. The van der Waals surface area contributed by atoms with Crippen LogP contribution < -0.4 is 5.73 Å². The number of hydrogen-bond donors (Lipinski definition) is 1. The number of thiophene rings is 1. The number of halogens is 3. The van der Waals surface area contributed by atoms with Crippen molar-refractivity contribution in [2.75, 3.05) is 18.9 Å². The monoisotopic (exact) mass is 305 g/mol. The van der Waals surface area contributed by atoms with Crippen LogP contribution >= 0.6 is 11.3 Å². The molecule has 0 amide bonds. The molecule has 0 aromatic carbocycles. The summed E-state index contributed by atoms with van der Waals surface area (Å²) >= 11 is 1.52. The molecule has 2 aromatic heterocycles. The van der Waals surface area contributed by atoms with Crippen LogP contribution in [0.25, 0.3) is 10.2 Å². The van der Waals surface area contributed by atoms with E-state index in [1.165, 1.54) is 11.3 Å². The summed E-state index contributed by atoms with van der Waals surface area (Å²) in [6.45, 7) is 0.681. The number of nitrogens with zero attached hydrogens (tertiary/aromatic N) is 2. The number of anilines is 1. The zero-order valence-electron chi connectivity index (χ0n) is 10.8. The third-order valence-corrected chi connectivity index (χ3v) is 3.78. The molecular formula is C12H14F3N3OS. The van der Waals surface area contributed by atoms with Crippen LogP contribution in [0, 0.1) is 0 Å². The molecule has 0 aliphatic carbocycles. The second kappa shape index (κ2) is 5.92. The van der Waals surface area contributed by atoms with Gasteiger partial charge in [-0.25, -0.2) is 9.97 Å². The summed E-state index contributed by atoms with van der Waals surface area (Å²) in [4.78, 5) is 10.3. The molecule has 0 saturated heterocycles. The first-order chi connectivity index (χ1) is 9.39. The lowest BCUT2D eigenvalue weighted by molar-refractivity contribution is -0.173. The number of aryl methyl sites for hydroxylation is 1. The van der Waals surface area contributed by atoms with Gasteiger partial charge in [0.05, 0.1) is 12.0 Å². The molecule has 20 heavy (non-hydrogen) atoms. The van der Waals surface area contributed by atoms with Crippen molar-refractivity contribution in [2.24, 2.45) is 0 Å². The van der Waals surface area contributed by atoms with Gasteiger partial charge >= 0.3 is 6.18 Å². The molecular weight excluding hydrogens is 291 g/mol. The van der Waals surface area contributed by atoms with E-state index in [1.54, 1.807) is 0 Å². The first-order valence-electron chi connectivity index (χ1n) is 6.08. The second-order valence-corrected chi connectivity index (χ2v) is 5.34. The summed E-state index contributed by atoms with van der Waals surface area (Å²) in [5, 5.41) is 0.798. The van der Waals surface area contributed by atoms with E-state index in [2.05, 4.69) is 14.7 Å². The van der Waals surface area contributed by atoms with Crippen molar-refractivity contribution < 1.29 is 17.9 Å². The van der Waals surface area contributed by atoms with Crippen molar-refractivity contribution in [3.8, 4) is 0 Å². The Kier molecular flexibility index (Phi) is 4.44. The standard InChI is InChI=1S/C12H14F3N3OS/c1-2-7-5-8-10(16)17-9(18-11(8)20-7)3-4-19-6-12(13,14)15/h5H,2-4,6H2,1H3,(H2,16,17,18). The maximum Gasteiger partial charge on any atom is 0.411 e. The molecule has 110 valence electrons. The molecule has 0 atom stereocenters. The van der Waals surface area contributed by atoms with Crippen molar-refractivity contribution in [1.29, 1.82) is 0 Å². The lowest BCUT2D eigenvalue weighted by Gasteiger charge is -2.07. The van der Waals surface area contributed by atoms with Gasteiger partial charge in [0.25, 0.3) is 0 Å². The van der Waals surface area contributed by atoms with Gasteiger partial charge in [-0.15, -0.1) is 11.3 Å². The summed E-state index contributed by atoms with van der Waals surface area (Å²) in [7, 11) is 0. The van der Waals surface area contributed by atoms with Crippen LogP contribution in [0.1, 0.15) is 17.6 Å². The van der Waals surface area contributed by atoms with Crippen molar-refractivity contribution in [2.45, 2.75) is 25.9 Å². The fourth-order valence-electron chi connectivity index (χ4n) is 1.68. The predicted molar refractivity (Wildman–Crippen MR) is 71.8 cm³/mol. The van der Waals surface area contributed by atoms with Gasteiger partial charge in [0.2, 0.25) is 0 Å². The summed E-state index contributed by atoms with van der Waals surface area (Å²) in [5.41, 5.74) is 5.83. The average Bonchev–Trinajstić information content (AvgIpc) is 2.77. The van der Waals surface area contributed by atoms with E-state index in [0.29, 0.717) is 11.6 Å². The van der Waals surface area contributed by atoms with Crippen molar-refractivity contribution in [3.63, 3.8) is 0 Å². The molecule has 2 rings (SSSR count). The third kappa shape index (κ3) is 3.80. The van der Waals surface area contributed by atoms with Gasteiger partial charge in [-0.1, -0.05) is 6.92 Å². The van der Waals surface area contributed by atoms with Crippen LogP contribution in [-0.4, -0.2) is 29.4 Å². The van der Waals surface area contributed by atoms with E-state index in [0.717, 1.165) is 21.5 Å². The number of ether oxygens (including phenoxy) is 1. The molecule has 0 aliphatic rings. The molecule has 4 nitrogen and oxygen atoms in total. The highest BCUT2D eigenvalue weighted by Gasteiger charge is 2.27. The highest BCUT2D eigenvalue weighted by molar-refractivity contribution is 7.18. The summed E-state index contributed by atoms with van der Waals surface area (Å²) in [5.74, 6) is 0.762. The Balaban J connectivity index is 2.04. The minimum absolute atomic E-state index is 0.0868. The number of fused-ring (bicyclic) bond motifs is 1. The molecule has 0 radical (unpaired) electrons. The molecule has 0 spiro atoms. The van der Waals surface area contributed by atoms with Crippen LogP contribution in [0.2, 0.25) is 0 Å². The molecule has 0 bridgehead atoms. The number of hydrogen-bond acceptors (Lipinski definition) is 5. The molecule has 2 aromatic rings. The van der Waals surface area contributed by atoms with Crippen molar-refractivity contribution in [1.82, 2.24) is 9.97 Å². The number of alkyl halides is 3. The number of aromatic nitrogens is 2. The third-order valence-electron chi connectivity index (χ3n) is 2.60. The summed E-state index contributed by atoms with van der Waals surface area (Å²) < 4.78 is 40.3. The Morgan fingerprint density at radius 1 is 1.35 bits per heavy atom. The molecule has 0 aliphatic heterocycles. The normalized spacial score (nSPS) is 12.2. The van der Waals surface area contributed by atoms with Gasteiger partial charge in [0.1, 0.15) is 23.1 Å². The quantitative estimate of drug-likeness (QED) is 0.863. The predicted octanol–water partition coefficient (Wildman–Crippen LogP) is 2.96. The first-order valence-corrected chi connectivity index (χ1v) is 6.90. The van der Waals surface area contributed by atoms with Gasteiger partial charge in [0.15, 0.2) is 0 Å². The van der Waals surface area contributed by atoms with E-state index >= 15 is 0 Å². The molecule has 0 unspecified atom stereocenters. The highest BCUT2D eigenvalue weighted by Crippen LogP contribution is 2.27. The van der Waals surface area contributed by atoms with Crippen LogP contribution in [-0.2, 0) is 17.6 Å². The van der Waals surface area contributed by atoms with E-state index in [4.69, 9.17) is 5.73 Å². The van der Waals surface area contributed by atoms with Crippen LogP contribution in [0.5, 0.6) is 0 Å². The topological polar surface area (TPSA) is 61.0 Å². The molecule has 2 heterocycles. The zero-order valence-corrected chi connectivity index (χ0v) is 11.6. The van der Waals surface area contributed by atoms with Crippen molar-refractivity contribution >= 4 is 27.4 Å². The lowest BCUT2D eigenvalue weighted by Crippen LogP contribution is -2.18. The van der Waals surface area contributed by atoms with Gasteiger partial charge in [-0.05, 0) is 12.5 Å². The van der Waals surface area contributed by atoms with Gasteiger partial charge in [0, 0.05) is 11.3 Å². The Bertz CT molecular complexity index is 597. The van der Waals surface area contributed by atoms with Crippen molar-refractivity contribution in [3.05, 3.63) is 16.8 Å². The van der Waals surface area contributed by atoms with Crippen LogP contribution in [0.4, 0.5) is 19.0 Å². The number of nitrogen functional groups attached to an aromatic ring is 1. The maximum absolute atomic E-state index is 11.9. The Morgan fingerprint density at radius 3 is 2.75 bits per heavy atom. The molecule has 8 heteroatoms. The molecule has 0 fully saturated rings. The summed E-state index contributed by atoms with van der Waals surface area (Å²) in [6, 6.07) is 1.94. The molecule has 0 saturated carbocycles. The fourth-order valence-corrected chi connectivity index (χ4v) is 2.67. The maximum atomic E-state index is 11.9. The Hall–Kier alpha value is -1.41. The first kappa shape index (κ1) is 15.0. The minimum Gasteiger partial charge on any atom is -0.383 e. The van der Waals surface area contributed by atoms with E-state index in [-0.39, 0.29) is 13.0 Å². The van der Waals surface area contributed by atoms with E-state index < -0.39 is 12.8 Å². The highest BCUT2D eigenvalue weighted by atomic mass is 32.1. The minimum atomic E-state index is -4.31. The average molecular weight is 305 g/mol. The second-order valence-electron chi connectivity index (χ2n) is 4.23. The Morgan fingerprint density at radius 2 is 2.10 bits per heavy atom. The van der Waals surface area contributed by atoms with Gasteiger partial charge in [-0.2, -0.15) is 13.2 Å². The zero-order chi connectivity index (χ0) is 14.8. The van der Waals surface area contributed by atoms with E-state index in [1.807, 2.05) is 13.0 Å². The molecule has 2 N–H and O–H groups in total. The van der Waals surface area contributed by atoms with Crippen LogP contribution in [0.15, 0.2) is 6.07 Å². The van der Waals surface area contributed by atoms with Crippen LogP contribution in [0.3, 0.4) is 0 Å². The van der Waals surface area contributed by atoms with Gasteiger partial charge in [-0.3, -0.25) is 0 Å². The largest absolute Gasteiger partial charge is 0.411 e.